The lowest BCUT2D eigenvalue weighted by Gasteiger charge is -1.91. The quantitative estimate of drug-likeness (QED) is 0.466. The Morgan fingerprint density at radius 2 is 2.00 bits per heavy atom. The summed E-state index contributed by atoms with van der Waals surface area (Å²) in [5.74, 6) is 0. The van der Waals surface area contributed by atoms with Gasteiger partial charge >= 0.3 is 0 Å². The Kier molecular flexibility index (Phi) is 10.7. The van der Waals surface area contributed by atoms with Crippen LogP contribution in [0, 0.1) is 0 Å². The maximum Gasteiger partial charge on any atom is 0.208 e. The summed E-state index contributed by atoms with van der Waals surface area (Å²) in [5, 5.41) is 2.36. The summed E-state index contributed by atoms with van der Waals surface area (Å²) in [6, 6.07) is 0. The first-order valence-corrected chi connectivity index (χ1v) is 3.08. The van der Waals surface area contributed by atoms with E-state index in [-0.39, 0.29) is 20.8 Å². The van der Waals surface area contributed by atoms with Gasteiger partial charge in [0.2, 0.25) is 6.41 Å². The van der Waals surface area contributed by atoms with E-state index in [4.69, 9.17) is 0 Å². The van der Waals surface area contributed by atoms with Crippen LogP contribution < -0.4 is 5.32 Å². The molecule has 0 aliphatic carbocycles. The van der Waals surface area contributed by atoms with Gasteiger partial charge in [-0.25, -0.2) is 0 Å². The van der Waals surface area contributed by atoms with Gasteiger partial charge in [-0.2, -0.15) is 0 Å². The monoisotopic (exact) mass is 295 g/mol. The first kappa shape index (κ1) is 10.8. The molecule has 0 aromatic rings. The van der Waals surface area contributed by atoms with E-state index in [9.17, 15) is 4.79 Å². The molecule has 0 rings (SSSR count). The minimum Gasteiger partial charge on any atom is -0.337 e. The molecule has 0 aromatic carbocycles. The molecule has 0 radical (unpaired) electrons. The second-order valence-corrected chi connectivity index (χ2v) is 3.65. The Morgan fingerprint density at radius 1 is 1.57 bits per heavy atom. The van der Waals surface area contributed by atoms with Crippen molar-refractivity contribution in [2.45, 2.75) is 3.86 Å². The standard InChI is InChI=1S/C2H3Br2NO.BrH/c3-2(4)5-1-6;/h1-2H,(H,5,6);1H. The molecule has 0 aliphatic rings. The van der Waals surface area contributed by atoms with Crippen LogP contribution in [-0.4, -0.2) is 10.3 Å². The smallest absolute Gasteiger partial charge is 0.208 e. The molecule has 0 saturated heterocycles. The van der Waals surface area contributed by atoms with Crippen molar-refractivity contribution in [2.24, 2.45) is 0 Å². The van der Waals surface area contributed by atoms with Crippen molar-refractivity contribution in [3.05, 3.63) is 0 Å². The molecule has 1 amide bonds. The van der Waals surface area contributed by atoms with Gasteiger partial charge in [0.15, 0.2) is 0 Å². The Morgan fingerprint density at radius 3 is 2.00 bits per heavy atom. The summed E-state index contributed by atoms with van der Waals surface area (Å²) in [7, 11) is 0. The van der Waals surface area contributed by atoms with Gasteiger partial charge in [-0.15, -0.1) is 17.0 Å². The molecule has 0 bridgehead atoms. The molecule has 0 unspecified atom stereocenters. The Labute approximate surface area is 69.1 Å². The average Bonchev–Trinajstić information content (AvgIpc) is 1.35. The number of hydrogen-bond donors (Lipinski definition) is 1. The first-order chi connectivity index (χ1) is 2.77. The lowest BCUT2D eigenvalue weighted by atomic mass is 11.2. The lowest BCUT2D eigenvalue weighted by molar-refractivity contribution is -0.109. The Bertz CT molecular complexity index is 48.2. The molecule has 0 aliphatic heterocycles. The molecular formula is C2H4Br3NO. The van der Waals surface area contributed by atoms with Gasteiger partial charge < -0.3 is 5.32 Å². The summed E-state index contributed by atoms with van der Waals surface area (Å²) in [6.45, 7) is 0. The van der Waals surface area contributed by atoms with E-state index in [2.05, 4.69) is 37.2 Å². The van der Waals surface area contributed by atoms with Crippen molar-refractivity contribution >= 4 is 55.3 Å². The number of carbonyl (C=O) groups excluding carboxylic acids is 1. The second kappa shape index (κ2) is 6.91. The van der Waals surface area contributed by atoms with Gasteiger partial charge in [0.25, 0.3) is 0 Å². The average molecular weight is 298 g/mol. The molecule has 0 fully saturated rings. The van der Waals surface area contributed by atoms with E-state index in [1.165, 1.54) is 0 Å². The van der Waals surface area contributed by atoms with Gasteiger partial charge in [-0.1, -0.05) is 31.9 Å². The highest BCUT2D eigenvalue weighted by Crippen LogP contribution is 1.99. The summed E-state index contributed by atoms with van der Waals surface area (Å²) in [6.07, 6.45) is 0.605. The molecule has 2 nitrogen and oxygen atoms in total. The van der Waals surface area contributed by atoms with E-state index in [0.717, 1.165) is 0 Å². The van der Waals surface area contributed by atoms with Gasteiger partial charge in [-0.05, 0) is 0 Å². The maximum atomic E-state index is 9.44. The van der Waals surface area contributed by atoms with Crippen LogP contribution >= 0.6 is 48.8 Å². The van der Waals surface area contributed by atoms with Crippen LogP contribution in [0.15, 0.2) is 0 Å². The van der Waals surface area contributed by atoms with E-state index in [1.807, 2.05) is 0 Å². The summed E-state index contributed by atoms with van der Waals surface area (Å²) in [5.41, 5.74) is 0. The van der Waals surface area contributed by atoms with Crippen LogP contribution in [0.2, 0.25) is 0 Å². The molecule has 0 atom stereocenters. The molecule has 0 aromatic heterocycles. The van der Waals surface area contributed by atoms with Gasteiger partial charge in [0, 0.05) is 0 Å². The third-order valence-electron chi connectivity index (χ3n) is 0.194. The third kappa shape index (κ3) is 10.9. The van der Waals surface area contributed by atoms with Crippen molar-refractivity contribution in [3.63, 3.8) is 0 Å². The molecule has 5 heteroatoms. The lowest BCUT2D eigenvalue weighted by Crippen LogP contribution is -2.13. The molecule has 0 saturated carbocycles. The zero-order valence-corrected chi connectivity index (χ0v) is 8.11. The van der Waals surface area contributed by atoms with Gasteiger partial charge in [0.1, 0.15) is 3.86 Å². The summed E-state index contributed by atoms with van der Waals surface area (Å²) >= 11 is 6.02. The SMILES string of the molecule is Br.O=CNC(Br)Br. The highest BCUT2D eigenvalue weighted by atomic mass is 79.9. The second-order valence-electron chi connectivity index (χ2n) is 0.585. The number of alkyl halides is 2. The summed E-state index contributed by atoms with van der Waals surface area (Å²) in [4.78, 5) is 9.44. The fourth-order valence-electron chi connectivity index (χ4n) is 0.0514. The molecule has 1 N–H and O–H groups in total. The van der Waals surface area contributed by atoms with E-state index in [0.29, 0.717) is 6.41 Å². The Balaban J connectivity index is 0. The zero-order valence-electron chi connectivity index (χ0n) is 3.23. The number of hydrogen-bond acceptors (Lipinski definition) is 1. The molecule has 0 heterocycles. The van der Waals surface area contributed by atoms with Crippen molar-refractivity contribution in [2.75, 3.05) is 0 Å². The van der Waals surface area contributed by atoms with E-state index in [1.54, 1.807) is 0 Å². The molecular weight excluding hydrogens is 294 g/mol. The van der Waals surface area contributed by atoms with Crippen LogP contribution in [0.4, 0.5) is 0 Å². The topological polar surface area (TPSA) is 29.1 Å². The highest BCUT2D eigenvalue weighted by molar-refractivity contribution is 9.24. The minimum absolute atomic E-state index is 0. The van der Waals surface area contributed by atoms with Gasteiger partial charge in [-0.3, -0.25) is 4.79 Å². The number of amides is 1. The number of rotatable bonds is 2. The number of halogens is 3. The number of carbonyl (C=O) groups is 1. The minimum atomic E-state index is -0.0949. The van der Waals surface area contributed by atoms with Crippen molar-refractivity contribution in [1.82, 2.24) is 5.32 Å². The van der Waals surface area contributed by atoms with Crippen LogP contribution in [-0.2, 0) is 4.79 Å². The fourth-order valence-corrected chi connectivity index (χ4v) is 0.267. The zero-order chi connectivity index (χ0) is 4.99. The molecule has 7 heavy (non-hydrogen) atoms. The number of nitrogens with one attached hydrogen (secondary N) is 1. The maximum absolute atomic E-state index is 9.44. The van der Waals surface area contributed by atoms with Crippen molar-refractivity contribution < 1.29 is 4.79 Å². The third-order valence-corrected chi connectivity index (χ3v) is 0.723. The van der Waals surface area contributed by atoms with E-state index >= 15 is 0 Å². The van der Waals surface area contributed by atoms with Crippen LogP contribution in [0.5, 0.6) is 0 Å². The first-order valence-electron chi connectivity index (χ1n) is 1.25. The van der Waals surface area contributed by atoms with E-state index < -0.39 is 0 Å². The molecule has 44 valence electrons. The van der Waals surface area contributed by atoms with Crippen LogP contribution in [0.1, 0.15) is 0 Å². The van der Waals surface area contributed by atoms with Crippen LogP contribution in [0.3, 0.4) is 0 Å². The van der Waals surface area contributed by atoms with Gasteiger partial charge in [0.05, 0.1) is 0 Å². The fraction of sp³-hybridized carbons (Fsp3) is 0.500. The summed E-state index contributed by atoms with van der Waals surface area (Å²) < 4.78 is -0.0949. The van der Waals surface area contributed by atoms with Crippen molar-refractivity contribution in [1.29, 1.82) is 0 Å². The largest absolute Gasteiger partial charge is 0.337 e. The Hall–Kier alpha value is 0.910. The predicted octanol–water partition coefficient (Wildman–Crippen LogP) is 1.38. The van der Waals surface area contributed by atoms with Crippen LogP contribution in [0.25, 0.3) is 0 Å². The normalized spacial score (nSPS) is 7.29. The highest BCUT2D eigenvalue weighted by Gasteiger charge is 1.86. The molecule has 0 spiro atoms. The van der Waals surface area contributed by atoms with Crippen molar-refractivity contribution in [3.8, 4) is 0 Å². The predicted molar refractivity (Wildman–Crippen MR) is 41.2 cm³/mol.